The Morgan fingerprint density at radius 3 is 3.06 bits per heavy atom. The third kappa shape index (κ3) is 3.06. The van der Waals surface area contributed by atoms with Gasteiger partial charge in [-0.1, -0.05) is 0 Å². The first-order chi connectivity index (χ1) is 8.19. The van der Waals surface area contributed by atoms with E-state index in [9.17, 15) is 4.79 Å². The summed E-state index contributed by atoms with van der Waals surface area (Å²) in [4.78, 5) is 13.2. The monoisotopic (exact) mass is 241 g/mol. The Morgan fingerprint density at radius 2 is 2.35 bits per heavy atom. The maximum Gasteiger partial charge on any atom is 0.226 e. The van der Waals surface area contributed by atoms with Crippen molar-refractivity contribution in [3.63, 3.8) is 0 Å². The van der Waals surface area contributed by atoms with Crippen molar-refractivity contribution in [3.05, 3.63) is 28.3 Å². The summed E-state index contributed by atoms with van der Waals surface area (Å²) in [7, 11) is 0. The zero-order valence-corrected chi connectivity index (χ0v) is 9.33. The number of morpholine rings is 1. The molecule has 1 saturated heterocycles. The topological polar surface area (TPSA) is 83.1 Å². The van der Waals surface area contributed by atoms with Crippen LogP contribution in [0.2, 0.25) is 0 Å². The average Bonchev–Trinajstić information content (AvgIpc) is 2.34. The lowest BCUT2D eigenvalue weighted by atomic mass is 10.2. The summed E-state index contributed by atoms with van der Waals surface area (Å²) in [5.74, 6) is 0.107. The fraction of sp³-hybridized carbons (Fsp3) is 0.545. The second-order valence-electron chi connectivity index (χ2n) is 4.01. The van der Waals surface area contributed by atoms with Crippen molar-refractivity contribution in [1.82, 2.24) is 4.90 Å². The number of aromatic hydroxyl groups is 1. The molecule has 0 saturated carbocycles. The van der Waals surface area contributed by atoms with Gasteiger partial charge in [0.25, 0.3) is 0 Å². The van der Waals surface area contributed by atoms with E-state index in [0.717, 1.165) is 12.8 Å². The first-order valence-electron chi connectivity index (χ1n) is 5.44. The van der Waals surface area contributed by atoms with Crippen molar-refractivity contribution in [1.29, 1.82) is 0 Å². The highest BCUT2D eigenvalue weighted by Gasteiger charge is 2.20. The van der Waals surface area contributed by atoms with E-state index in [-0.39, 0.29) is 18.5 Å². The Labute approximate surface area is 98.0 Å². The first-order valence-corrected chi connectivity index (χ1v) is 5.44. The van der Waals surface area contributed by atoms with Gasteiger partial charge in [-0.05, 0) is 0 Å². The highest BCUT2D eigenvalue weighted by Crippen LogP contribution is 2.10. The number of nitrogens with zero attached hydrogens (tertiary/aromatic N) is 1. The molecule has 0 amide bonds. The van der Waals surface area contributed by atoms with Crippen molar-refractivity contribution < 1.29 is 19.4 Å². The summed E-state index contributed by atoms with van der Waals surface area (Å²) >= 11 is 0. The van der Waals surface area contributed by atoms with Crippen LogP contribution in [0.25, 0.3) is 0 Å². The molecule has 1 aromatic rings. The maximum absolute atomic E-state index is 11.2. The molecule has 6 heteroatoms. The van der Waals surface area contributed by atoms with E-state index in [1.807, 2.05) is 4.90 Å². The van der Waals surface area contributed by atoms with Crippen LogP contribution in [0.5, 0.6) is 5.75 Å². The molecule has 1 aliphatic heterocycles. The molecular formula is C11H15NO5. The highest BCUT2D eigenvalue weighted by atomic mass is 16.5. The van der Waals surface area contributed by atoms with Gasteiger partial charge in [-0.3, -0.25) is 9.69 Å². The van der Waals surface area contributed by atoms with Gasteiger partial charge in [-0.15, -0.1) is 0 Å². The second kappa shape index (κ2) is 5.31. The van der Waals surface area contributed by atoms with Crippen LogP contribution >= 0.6 is 0 Å². The molecule has 0 aromatic carbocycles. The van der Waals surface area contributed by atoms with E-state index in [4.69, 9.17) is 19.4 Å². The normalized spacial score (nSPS) is 21.6. The molecule has 0 radical (unpaired) electrons. The minimum Gasteiger partial charge on any atom is -0.502 e. The van der Waals surface area contributed by atoms with Gasteiger partial charge >= 0.3 is 0 Å². The first kappa shape index (κ1) is 12.1. The number of aliphatic hydroxyl groups excluding tert-OH is 1. The Kier molecular flexibility index (Phi) is 3.78. The molecule has 1 aromatic heterocycles. The molecule has 0 aliphatic carbocycles. The molecule has 0 spiro atoms. The van der Waals surface area contributed by atoms with Crippen LogP contribution in [0.4, 0.5) is 0 Å². The lowest BCUT2D eigenvalue weighted by molar-refractivity contribution is -0.0565. The molecule has 0 bridgehead atoms. The molecule has 1 atom stereocenters. The lowest BCUT2D eigenvalue weighted by Gasteiger charge is -2.31. The largest absolute Gasteiger partial charge is 0.502 e. The molecular weight excluding hydrogens is 226 g/mol. The Morgan fingerprint density at radius 1 is 1.53 bits per heavy atom. The van der Waals surface area contributed by atoms with Crippen LogP contribution in [0.3, 0.4) is 0 Å². The summed E-state index contributed by atoms with van der Waals surface area (Å²) < 4.78 is 10.4. The van der Waals surface area contributed by atoms with Gasteiger partial charge < -0.3 is 19.4 Å². The summed E-state index contributed by atoms with van der Waals surface area (Å²) in [6.07, 6.45) is 0.856. The number of hydrogen-bond donors (Lipinski definition) is 2. The molecule has 1 fully saturated rings. The molecule has 94 valence electrons. The van der Waals surface area contributed by atoms with Crippen molar-refractivity contribution in [3.8, 4) is 5.75 Å². The molecule has 1 unspecified atom stereocenters. The summed E-state index contributed by atoms with van der Waals surface area (Å²) in [6.45, 7) is 2.32. The fourth-order valence-corrected chi connectivity index (χ4v) is 1.78. The zero-order chi connectivity index (χ0) is 12.3. The molecule has 6 nitrogen and oxygen atoms in total. The Bertz CT molecular complexity index is 430. The van der Waals surface area contributed by atoms with Crippen LogP contribution in [-0.4, -0.2) is 47.5 Å². The molecule has 1 aliphatic rings. The van der Waals surface area contributed by atoms with Crippen LogP contribution in [-0.2, 0) is 11.3 Å². The number of ether oxygens (including phenoxy) is 1. The van der Waals surface area contributed by atoms with Gasteiger partial charge in [-0.2, -0.15) is 0 Å². The van der Waals surface area contributed by atoms with E-state index >= 15 is 0 Å². The molecule has 2 rings (SSSR count). The van der Waals surface area contributed by atoms with Crippen molar-refractivity contribution in [2.45, 2.75) is 12.6 Å². The van der Waals surface area contributed by atoms with E-state index < -0.39 is 5.43 Å². The lowest BCUT2D eigenvalue weighted by Crippen LogP contribution is -2.43. The smallest absolute Gasteiger partial charge is 0.226 e. The van der Waals surface area contributed by atoms with Crippen LogP contribution in [0.1, 0.15) is 5.76 Å². The van der Waals surface area contributed by atoms with Crippen LogP contribution < -0.4 is 5.43 Å². The van der Waals surface area contributed by atoms with Crippen LogP contribution in [0.15, 0.2) is 21.5 Å². The number of hydrogen-bond acceptors (Lipinski definition) is 6. The van der Waals surface area contributed by atoms with Gasteiger partial charge in [-0.25, -0.2) is 0 Å². The van der Waals surface area contributed by atoms with Crippen molar-refractivity contribution in [2.75, 3.05) is 26.3 Å². The van der Waals surface area contributed by atoms with Gasteiger partial charge in [0.15, 0.2) is 5.75 Å². The maximum atomic E-state index is 11.2. The van der Waals surface area contributed by atoms with Gasteiger partial charge in [0.05, 0.1) is 25.9 Å². The van der Waals surface area contributed by atoms with E-state index in [0.29, 0.717) is 25.5 Å². The zero-order valence-electron chi connectivity index (χ0n) is 9.33. The molecule has 2 N–H and O–H groups in total. The molecule has 2 heterocycles. The average molecular weight is 241 g/mol. The van der Waals surface area contributed by atoms with Crippen molar-refractivity contribution in [2.24, 2.45) is 0 Å². The Balaban J connectivity index is 2.00. The minimum absolute atomic E-state index is 0.0178. The van der Waals surface area contributed by atoms with Gasteiger partial charge in [0.2, 0.25) is 5.43 Å². The van der Waals surface area contributed by atoms with E-state index in [1.165, 1.54) is 6.07 Å². The minimum atomic E-state index is -0.446. The third-order valence-corrected chi connectivity index (χ3v) is 2.67. The summed E-state index contributed by atoms with van der Waals surface area (Å²) in [6, 6.07) is 1.28. The highest BCUT2D eigenvalue weighted by molar-refractivity contribution is 5.15. The molecule has 17 heavy (non-hydrogen) atoms. The van der Waals surface area contributed by atoms with Crippen LogP contribution in [0, 0.1) is 0 Å². The van der Waals surface area contributed by atoms with Gasteiger partial charge in [0.1, 0.15) is 12.0 Å². The number of rotatable bonds is 3. The number of aliphatic hydroxyl groups is 1. The van der Waals surface area contributed by atoms with Gasteiger partial charge in [0, 0.05) is 19.2 Å². The third-order valence-electron chi connectivity index (χ3n) is 2.67. The quantitative estimate of drug-likeness (QED) is 0.745. The summed E-state index contributed by atoms with van der Waals surface area (Å²) in [5.41, 5.74) is -0.446. The van der Waals surface area contributed by atoms with Crippen molar-refractivity contribution >= 4 is 0 Å². The standard InChI is InChI=1S/C11H15NO5/c13-6-9-5-12(1-2-16-9)4-8-3-10(14)11(15)7-17-8/h3,7,9,13,15H,1-2,4-6H2. The van der Waals surface area contributed by atoms with E-state index in [2.05, 4.69) is 0 Å². The predicted molar refractivity (Wildman–Crippen MR) is 58.7 cm³/mol. The SMILES string of the molecule is O=c1cc(CN2CCOC(CO)C2)occ1O. The summed E-state index contributed by atoms with van der Waals surface area (Å²) in [5, 5.41) is 18.1. The fourth-order valence-electron chi connectivity index (χ4n) is 1.78. The Hall–Kier alpha value is -1.37. The van der Waals surface area contributed by atoms with E-state index in [1.54, 1.807) is 0 Å². The second-order valence-corrected chi connectivity index (χ2v) is 4.01. The predicted octanol–water partition coefficient (Wildman–Crippen LogP) is -0.462.